The van der Waals surface area contributed by atoms with E-state index in [0.717, 1.165) is 36.7 Å². The van der Waals surface area contributed by atoms with Crippen LogP contribution in [-0.2, 0) is 4.79 Å². The summed E-state index contributed by atoms with van der Waals surface area (Å²) in [6.07, 6.45) is 3.99. The molecule has 21 heavy (non-hydrogen) atoms. The molecule has 2 heterocycles. The normalized spacial score (nSPS) is 20.2. The molecule has 0 saturated carbocycles. The molecule has 0 spiro atoms. The molecule has 1 fully saturated rings. The molecule has 1 amide bonds. The lowest BCUT2D eigenvalue weighted by atomic mass is 10.2. The average molecular weight is 303 g/mol. The van der Waals surface area contributed by atoms with Gasteiger partial charge in [-0.15, -0.1) is 0 Å². The van der Waals surface area contributed by atoms with Crippen LogP contribution >= 0.6 is 11.8 Å². The molecule has 0 N–H and O–H groups in total. The molecule has 0 aromatic heterocycles. The number of likely N-dealkylation sites (tertiary alicyclic amines) is 1. The van der Waals surface area contributed by atoms with Gasteiger partial charge in [0.1, 0.15) is 0 Å². The first kappa shape index (κ1) is 13.8. The third-order valence-electron chi connectivity index (χ3n) is 3.39. The number of amides is 1. The van der Waals surface area contributed by atoms with Crippen LogP contribution in [-0.4, -0.2) is 34.0 Å². The number of amidine groups is 1. The van der Waals surface area contributed by atoms with Gasteiger partial charge in [-0.1, -0.05) is 0 Å². The Labute approximate surface area is 125 Å². The molecule has 0 bridgehead atoms. The predicted molar refractivity (Wildman–Crippen MR) is 81.9 cm³/mol. The second-order valence-electron chi connectivity index (χ2n) is 4.85. The Balaban J connectivity index is 1.75. The Morgan fingerprint density at radius 3 is 2.52 bits per heavy atom. The zero-order valence-electron chi connectivity index (χ0n) is 11.2. The lowest BCUT2D eigenvalue weighted by Crippen LogP contribution is -2.23. The van der Waals surface area contributed by atoms with E-state index in [2.05, 4.69) is 9.89 Å². The quantitative estimate of drug-likeness (QED) is 0.477. The van der Waals surface area contributed by atoms with Crippen LogP contribution in [0.3, 0.4) is 0 Å². The molecular weight excluding hydrogens is 290 g/mol. The number of benzene rings is 1. The van der Waals surface area contributed by atoms with E-state index in [1.54, 1.807) is 18.2 Å². The van der Waals surface area contributed by atoms with Gasteiger partial charge in [0.2, 0.25) is 0 Å². The summed E-state index contributed by atoms with van der Waals surface area (Å²) in [5, 5.41) is 11.4. The number of carbonyl (C=O) groups is 1. The Morgan fingerprint density at radius 1 is 1.24 bits per heavy atom. The molecule has 7 heteroatoms. The van der Waals surface area contributed by atoms with Crippen molar-refractivity contribution in [1.82, 2.24) is 4.90 Å². The van der Waals surface area contributed by atoms with Crippen molar-refractivity contribution in [2.24, 2.45) is 4.99 Å². The molecule has 108 valence electrons. The van der Waals surface area contributed by atoms with Crippen molar-refractivity contribution in [3.05, 3.63) is 44.8 Å². The van der Waals surface area contributed by atoms with E-state index in [0.29, 0.717) is 4.91 Å². The third kappa shape index (κ3) is 2.97. The summed E-state index contributed by atoms with van der Waals surface area (Å²) in [5.41, 5.74) is 0.797. The van der Waals surface area contributed by atoms with Gasteiger partial charge in [-0.2, -0.15) is 4.99 Å². The fourth-order valence-electron chi connectivity index (χ4n) is 2.29. The summed E-state index contributed by atoms with van der Waals surface area (Å²) in [5.74, 6) is -0.236. The van der Waals surface area contributed by atoms with Crippen LogP contribution in [0.4, 0.5) is 5.69 Å². The summed E-state index contributed by atoms with van der Waals surface area (Å²) in [6, 6.07) is 6.12. The van der Waals surface area contributed by atoms with Crippen LogP contribution < -0.4 is 0 Å². The van der Waals surface area contributed by atoms with E-state index in [-0.39, 0.29) is 11.6 Å². The van der Waals surface area contributed by atoms with Crippen LogP contribution in [0.1, 0.15) is 18.4 Å². The minimum atomic E-state index is -0.443. The zero-order valence-corrected chi connectivity index (χ0v) is 12.0. The van der Waals surface area contributed by atoms with Crippen molar-refractivity contribution < 1.29 is 9.72 Å². The second kappa shape index (κ2) is 5.69. The lowest BCUT2D eigenvalue weighted by Gasteiger charge is -2.14. The van der Waals surface area contributed by atoms with Crippen LogP contribution in [0.5, 0.6) is 0 Å². The largest absolute Gasteiger partial charge is 0.351 e. The molecule has 1 saturated heterocycles. The van der Waals surface area contributed by atoms with Gasteiger partial charge in [0.25, 0.3) is 11.6 Å². The maximum Gasteiger partial charge on any atom is 0.286 e. The molecule has 0 atom stereocenters. The Hall–Kier alpha value is -2.15. The summed E-state index contributed by atoms with van der Waals surface area (Å²) in [7, 11) is 0. The number of carbonyl (C=O) groups excluding carboxylic acids is 1. The maximum absolute atomic E-state index is 11.9. The van der Waals surface area contributed by atoms with Crippen molar-refractivity contribution >= 4 is 34.6 Å². The number of hydrogen-bond donors (Lipinski definition) is 0. The van der Waals surface area contributed by atoms with Gasteiger partial charge < -0.3 is 4.90 Å². The molecule has 1 aromatic carbocycles. The van der Waals surface area contributed by atoms with E-state index < -0.39 is 4.92 Å². The smallest absolute Gasteiger partial charge is 0.286 e. The van der Waals surface area contributed by atoms with E-state index in [1.807, 2.05) is 0 Å². The monoisotopic (exact) mass is 303 g/mol. The lowest BCUT2D eigenvalue weighted by molar-refractivity contribution is -0.384. The van der Waals surface area contributed by atoms with E-state index in [9.17, 15) is 14.9 Å². The van der Waals surface area contributed by atoms with Crippen molar-refractivity contribution in [2.45, 2.75) is 12.8 Å². The summed E-state index contributed by atoms with van der Waals surface area (Å²) < 4.78 is 0. The fourth-order valence-corrected chi connectivity index (χ4v) is 3.25. The van der Waals surface area contributed by atoms with Gasteiger partial charge in [-0.25, -0.2) is 0 Å². The zero-order chi connectivity index (χ0) is 14.8. The van der Waals surface area contributed by atoms with Crippen LogP contribution in [0, 0.1) is 10.1 Å². The maximum atomic E-state index is 11.9. The first-order valence-electron chi connectivity index (χ1n) is 6.65. The first-order valence-corrected chi connectivity index (χ1v) is 7.47. The first-order chi connectivity index (χ1) is 10.1. The number of thioether (sulfide) groups is 1. The predicted octanol–water partition coefficient (Wildman–Crippen LogP) is 2.66. The van der Waals surface area contributed by atoms with Gasteiger partial charge >= 0.3 is 0 Å². The highest BCUT2D eigenvalue weighted by Crippen LogP contribution is 2.31. The fraction of sp³-hybridized carbons (Fsp3) is 0.286. The van der Waals surface area contributed by atoms with Crippen molar-refractivity contribution in [1.29, 1.82) is 0 Å². The highest BCUT2D eigenvalue weighted by Gasteiger charge is 2.27. The highest BCUT2D eigenvalue weighted by atomic mass is 32.2. The van der Waals surface area contributed by atoms with Crippen molar-refractivity contribution in [3.8, 4) is 0 Å². The van der Waals surface area contributed by atoms with Crippen LogP contribution in [0.15, 0.2) is 34.2 Å². The number of rotatable bonds is 2. The van der Waals surface area contributed by atoms with E-state index >= 15 is 0 Å². The van der Waals surface area contributed by atoms with Gasteiger partial charge in [-0.3, -0.25) is 14.9 Å². The second-order valence-corrected chi connectivity index (χ2v) is 5.86. The van der Waals surface area contributed by atoms with Crippen molar-refractivity contribution in [3.63, 3.8) is 0 Å². The number of nitro benzene ring substituents is 1. The number of aliphatic imine (C=N–C) groups is 1. The average Bonchev–Trinajstić information content (AvgIpc) is 3.10. The minimum Gasteiger partial charge on any atom is -0.351 e. The molecule has 3 rings (SSSR count). The minimum absolute atomic E-state index is 0.0385. The molecule has 2 aliphatic rings. The highest BCUT2D eigenvalue weighted by molar-refractivity contribution is 8.18. The summed E-state index contributed by atoms with van der Waals surface area (Å²) >= 11 is 1.37. The Kier molecular flexibility index (Phi) is 3.74. The van der Waals surface area contributed by atoms with Crippen molar-refractivity contribution in [2.75, 3.05) is 13.1 Å². The van der Waals surface area contributed by atoms with Gasteiger partial charge in [0.15, 0.2) is 5.17 Å². The van der Waals surface area contributed by atoms with E-state index in [1.165, 1.54) is 23.9 Å². The topological polar surface area (TPSA) is 75.8 Å². The van der Waals surface area contributed by atoms with Crippen LogP contribution in [0.2, 0.25) is 0 Å². The van der Waals surface area contributed by atoms with Gasteiger partial charge in [0, 0.05) is 25.2 Å². The number of nitro groups is 1. The summed E-state index contributed by atoms with van der Waals surface area (Å²) in [4.78, 5) is 28.8. The SMILES string of the molecule is O=C1N=C(N2CCCC2)S/C1=C\c1ccc([N+](=O)[O-])cc1. The molecule has 6 nitrogen and oxygen atoms in total. The van der Waals surface area contributed by atoms with Gasteiger partial charge in [-0.05, 0) is 48.4 Å². The van der Waals surface area contributed by atoms with Crippen LogP contribution in [0.25, 0.3) is 6.08 Å². The third-order valence-corrected chi connectivity index (χ3v) is 4.43. The number of non-ortho nitro benzene ring substituents is 1. The van der Waals surface area contributed by atoms with Gasteiger partial charge in [0.05, 0.1) is 9.83 Å². The standard InChI is InChI=1S/C14H13N3O3S/c18-13-12(21-14(15-13)16-7-1-2-8-16)9-10-3-5-11(6-4-10)17(19)20/h3-6,9H,1-2,7-8H2/b12-9-. The molecule has 0 aliphatic carbocycles. The molecule has 2 aliphatic heterocycles. The number of nitrogens with zero attached hydrogens (tertiary/aromatic N) is 3. The molecule has 0 radical (unpaired) electrons. The Bertz CT molecular complexity index is 646. The summed E-state index contributed by atoms with van der Waals surface area (Å²) in [6.45, 7) is 1.90. The molecule has 1 aromatic rings. The Morgan fingerprint density at radius 2 is 1.90 bits per heavy atom. The van der Waals surface area contributed by atoms with E-state index in [4.69, 9.17) is 0 Å². The number of hydrogen-bond acceptors (Lipinski definition) is 5. The molecular formula is C14H13N3O3S. The molecule has 0 unspecified atom stereocenters.